The number of amides is 2. The average Bonchev–Trinajstić information content (AvgIpc) is 3.44. The largest absolute Gasteiger partial charge is 0.497 e. The van der Waals surface area contributed by atoms with Crippen molar-refractivity contribution in [2.45, 2.75) is 56.1 Å². The molecule has 0 radical (unpaired) electrons. The van der Waals surface area contributed by atoms with E-state index in [0.29, 0.717) is 5.75 Å². The molecule has 2 amide bonds. The number of hydrogen-bond donors (Lipinski definition) is 1. The number of nitrogens with one attached hydrogen (secondary N) is 1. The van der Waals surface area contributed by atoms with Crippen molar-refractivity contribution in [1.29, 1.82) is 0 Å². The number of fused-ring (bicyclic) bond motifs is 1. The van der Waals surface area contributed by atoms with Gasteiger partial charge in [0.2, 0.25) is 21.8 Å². The first-order chi connectivity index (χ1) is 18.2. The summed E-state index contributed by atoms with van der Waals surface area (Å²) in [6.07, 6.45) is 4.00. The van der Waals surface area contributed by atoms with Crippen molar-refractivity contribution < 1.29 is 22.7 Å². The summed E-state index contributed by atoms with van der Waals surface area (Å²) >= 11 is 0. The first-order valence-corrected chi connectivity index (χ1v) is 14.3. The molecule has 1 aliphatic carbocycles. The molecule has 0 aliphatic heterocycles. The molecule has 8 nitrogen and oxygen atoms in total. The van der Waals surface area contributed by atoms with E-state index in [2.05, 4.69) is 5.32 Å². The number of methoxy groups -OCH3 is 1. The van der Waals surface area contributed by atoms with Crippen molar-refractivity contribution in [3.63, 3.8) is 0 Å². The van der Waals surface area contributed by atoms with Crippen LogP contribution in [-0.4, -0.2) is 62.2 Å². The minimum Gasteiger partial charge on any atom is -0.497 e. The van der Waals surface area contributed by atoms with E-state index in [1.165, 1.54) is 11.9 Å². The molecule has 0 heterocycles. The molecule has 0 spiro atoms. The van der Waals surface area contributed by atoms with Crippen molar-refractivity contribution in [2.75, 3.05) is 20.7 Å². The molecule has 0 saturated heterocycles. The van der Waals surface area contributed by atoms with Gasteiger partial charge < -0.3 is 15.0 Å². The number of likely N-dealkylation sites (N-methyl/N-ethyl adjacent to an activating group) is 1. The maximum Gasteiger partial charge on any atom is 0.243 e. The molecular formula is C29H35N3O5S. The summed E-state index contributed by atoms with van der Waals surface area (Å²) < 4.78 is 33.1. The van der Waals surface area contributed by atoms with Crippen molar-refractivity contribution in [3.8, 4) is 5.75 Å². The highest BCUT2D eigenvalue weighted by atomic mass is 32.2. The molecule has 3 aromatic carbocycles. The predicted octanol–water partition coefficient (Wildman–Crippen LogP) is 3.95. The molecule has 202 valence electrons. The van der Waals surface area contributed by atoms with E-state index in [4.69, 9.17) is 4.74 Å². The molecule has 38 heavy (non-hydrogen) atoms. The van der Waals surface area contributed by atoms with E-state index >= 15 is 0 Å². The third kappa shape index (κ3) is 6.34. The van der Waals surface area contributed by atoms with Crippen LogP contribution in [0.2, 0.25) is 0 Å². The van der Waals surface area contributed by atoms with Crippen LogP contribution in [0, 0.1) is 0 Å². The Labute approximate surface area is 224 Å². The molecule has 3 aromatic rings. The zero-order valence-corrected chi connectivity index (χ0v) is 22.9. The Kier molecular flexibility index (Phi) is 8.69. The molecule has 1 aliphatic rings. The van der Waals surface area contributed by atoms with Gasteiger partial charge in [-0.15, -0.1) is 0 Å². The molecular weight excluding hydrogens is 502 g/mol. The standard InChI is InChI=1S/C29H35N3O5S/c1-21(29(34)30-25-12-6-7-13-25)32(19-22-9-8-14-26(17-22)37-3)28(33)20-31(2)38(35,36)27-16-15-23-10-4-5-11-24(23)18-27/h4-5,8-11,14-18,21,25H,6-7,12-13,19-20H2,1-3H3,(H,30,34)/t21-/m0/s1. The number of ether oxygens (including phenoxy) is 1. The number of hydrogen-bond acceptors (Lipinski definition) is 5. The average molecular weight is 538 g/mol. The van der Waals surface area contributed by atoms with Crippen LogP contribution >= 0.6 is 0 Å². The summed E-state index contributed by atoms with van der Waals surface area (Å²) in [5.74, 6) is -0.0732. The highest BCUT2D eigenvalue weighted by Crippen LogP contribution is 2.23. The van der Waals surface area contributed by atoms with Crippen molar-refractivity contribution in [3.05, 3.63) is 72.3 Å². The van der Waals surface area contributed by atoms with Gasteiger partial charge in [0.05, 0.1) is 18.6 Å². The van der Waals surface area contributed by atoms with E-state index in [-0.39, 0.29) is 23.4 Å². The lowest BCUT2D eigenvalue weighted by Gasteiger charge is -2.31. The molecule has 1 atom stereocenters. The Morgan fingerprint density at radius 2 is 1.71 bits per heavy atom. The third-order valence-corrected chi connectivity index (χ3v) is 8.94. The Balaban J connectivity index is 1.55. The molecule has 0 aromatic heterocycles. The van der Waals surface area contributed by atoms with Gasteiger partial charge in [-0.1, -0.05) is 55.3 Å². The second-order valence-corrected chi connectivity index (χ2v) is 11.9. The molecule has 0 unspecified atom stereocenters. The number of nitrogens with zero attached hydrogens (tertiary/aromatic N) is 2. The Bertz CT molecular complexity index is 1400. The van der Waals surface area contributed by atoms with Crippen LogP contribution in [0.4, 0.5) is 0 Å². The first kappa shape index (κ1) is 27.6. The van der Waals surface area contributed by atoms with E-state index in [1.54, 1.807) is 44.4 Å². The topological polar surface area (TPSA) is 96.0 Å². The smallest absolute Gasteiger partial charge is 0.243 e. The Hall–Kier alpha value is -3.43. The second kappa shape index (κ2) is 12.0. The Morgan fingerprint density at radius 1 is 1.00 bits per heavy atom. The monoisotopic (exact) mass is 537 g/mol. The molecule has 1 saturated carbocycles. The van der Waals surface area contributed by atoms with Gasteiger partial charge in [-0.05, 0) is 60.4 Å². The van der Waals surface area contributed by atoms with Crippen LogP contribution in [0.15, 0.2) is 71.6 Å². The molecule has 4 rings (SSSR count). The van der Waals surface area contributed by atoms with Gasteiger partial charge in [-0.3, -0.25) is 9.59 Å². The van der Waals surface area contributed by atoms with Gasteiger partial charge in [0.25, 0.3) is 0 Å². The lowest BCUT2D eigenvalue weighted by Crippen LogP contribution is -2.52. The molecule has 0 bridgehead atoms. The summed E-state index contributed by atoms with van der Waals surface area (Å²) in [4.78, 5) is 28.3. The summed E-state index contributed by atoms with van der Waals surface area (Å²) in [6.45, 7) is 1.42. The normalized spacial score (nSPS) is 14.9. The predicted molar refractivity (Wildman–Crippen MR) is 147 cm³/mol. The van der Waals surface area contributed by atoms with E-state index in [9.17, 15) is 18.0 Å². The third-order valence-electron chi connectivity index (χ3n) is 7.14. The maximum atomic E-state index is 13.6. The quantitative estimate of drug-likeness (QED) is 0.423. The van der Waals surface area contributed by atoms with Crippen LogP contribution in [0.25, 0.3) is 10.8 Å². The van der Waals surface area contributed by atoms with Crippen LogP contribution in [0.1, 0.15) is 38.2 Å². The van der Waals surface area contributed by atoms with Crippen LogP contribution < -0.4 is 10.1 Å². The number of carbonyl (C=O) groups is 2. The zero-order chi connectivity index (χ0) is 27.3. The van der Waals surface area contributed by atoms with Crippen molar-refractivity contribution in [2.24, 2.45) is 0 Å². The number of rotatable bonds is 10. The van der Waals surface area contributed by atoms with E-state index < -0.39 is 28.5 Å². The fraction of sp³-hybridized carbons (Fsp3) is 0.379. The van der Waals surface area contributed by atoms with Gasteiger partial charge in [0, 0.05) is 19.6 Å². The highest BCUT2D eigenvalue weighted by molar-refractivity contribution is 7.89. The van der Waals surface area contributed by atoms with E-state index in [0.717, 1.165) is 46.3 Å². The second-order valence-electron chi connectivity index (χ2n) is 9.81. The molecule has 1 fully saturated rings. The minimum absolute atomic E-state index is 0.106. The first-order valence-electron chi connectivity index (χ1n) is 12.9. The van der Waals surface area contributed by atoms with Crippen molar-refractivity contribution >= 4 is 32.6 Å². The molecule has 1 N–H and O–H groups in total. The van der Waals surface area contributed by atoms with Crippen LogP contribution in [-0.2, 0) is 26.2 Å². The summed E-state index contributed by atoms with van der Waals surface area (Å²) in [6, 6.07) is 19.0. The van der Waals surface area contributed by atoms with Gasteiger partial charge in [0.15, 0.2) is 0 Å². The van der Waals surface area contributed by atoms with Gasteiger partial charge >= 0.3 is 0 Å². The summed E-state index contributed by atoms with van der Waals surface area (Å²) in [5.41, 5.74) is 0.776. The minimum atomic E-state index is -3.94. The van der Waals surface area contributed by atoms with Crippen molar-refractivity contribution in [1.82, 2.24) is 14.5 Å². The fourth-order valence-electron chi connectivity index (χ4n) is 4.82. The van der Waals surface area contributed by atoms with Gasteiger partial charge in [-0.2, -0.15) is 4.31 Å². The lowest BCUT2D eigenvalue weighted by molar-refractivity contribution is -0.140. The summed E-state index contributed by atoms with van der Waals surface area (Å²) in [5, 5.41) is 4.78. The highest BCUT2D eigenvalue weighted by Gasteiger charge is 2.31. The van der Waals surface area contributed by atoms with Gasteiger partial charge in [0.1, 0.15) is 11.8 Å². The van der Waals surface area contributed by atoms with Crippen LogP contribution in [0.5, 0.6) is 5.75 Å². The van der Waals surface area contributed by atoms with Crippen LogP contribution in [0.3, 0.4) is 0 Å². The Morgan fingerprint density at radius 3 is 2.42 bits per heavy atom. The van der Waals surface area contributed by atoms with E-state index in [1.807, 2.05) is 36.4 Å². The zero-order valence-electron chi connectivity index (χ0n) is 22.1. The number of sulfonamides is 1. The summed E-state index contributed by atoms with van der Waals surface area (Å²) in [7, 11) is -0.996. The SMILES string of the molecule is COc1cccc(CN(C(=O)CN(C)S(=O)(=O)c2ccc3ccccc3c2)[C@@H](C)C(=O)NC2CCCC2)c1. The maximum absolute atomic E-state index is 13.6. The fourth-order valence-corrected chi connectivity index (χ4v) is 5.97. The lowest BCUT2D eigenvalue weighted by atomic mass is 10.1. The number of carbonyl (C=O) groups excluding carboxylic acids is 2. The number of benzene rings is 3. The molecule has 9 heteroatoms. The van der Waals surface area contributed by atoms with Gasteiger partial charge in [-0.25, -0.2) is 8.42 Å².